The van der Waals surface area contributed by atoms with Crippen molar-refractivity contribution in [1.29, 1.82) is 0 Å². The first kappa shape index (κ1) is 13.5. The Hall–Kier alpha value is -0.530. The first-order valence-corrected chi connectivity index (χ1v) is 5.31. The number of Topliss-reactive ketones (excluding diaryl/α,β-unsaturated/α-hetero) is 1. The van der Waals surface area contributed by atoms with Gasteiger partial charge in [-0.2, -0.15) is 0 Å². The molecule has 16 heavy (non-hydrogen) atoms. The van der Waals surface area contributed by atoms with E-state index >= 15 is 0 Å². The molecule has 1 heterocycles. The van der Waals surface area contributed by atoms with Crippen LogP contribution >= 0.6 is 0 Å². The predicted molar refractivity (Wildman–Crippen MR) is 53.4 cm³/mol. The lowest BCUT2D eigenvalue weighted by Crippen LogP contribution is -2.60. The Labute approximate surface area is 93.5 Å². The standard InChI is InChI=1S/C10H18O6/c1-3-4(2)5(11)9-7(13)6(12)8(14)10(15)16-9/h4,6-10,12-15H,3H2,1-2H3. The fourth-order valence-electron chi connectivity index (χ4n) is 1.58. The highest BCUT2D eigenvalue weighted by atomic mass is 16.6. The summed E-state index contributed by atoms with van der Waals surface area (Å²) in [6.45, 7) is 3.47. The van der Waals surface area contributed by atoms with Crippen LogP contribution in [0.1, 0.15) is 20.3 Å². The minimum Gasteiger partial charge on any atom is -0.387 e. The minimum absolute atomic E-state index is 0.339. The number of rotatable bonds is 3. The van der Waals surface area contributed by atoms with Crippen molar-refractivity contribution in [2.75, 3.05) is 0 Å². The van der Waals surface area contributed by atoms with Crippen LogP contribution in [0, 0.1) is 5.92 Å². The van der Waals surface area contributed by atoms with E-state index in [9.17, 15) is 25.2 Å². The molecule has 0 aromatic heterocycles. The van der Waals surface area contributed by atoms with Crippen LogP contribution < -0.4 is 0 Å². The Morgan fingerprint density at radius 2 is 1.75 bits per heavy atom. The molecule has 0 aromatic rings. The van der Waals surface area contributed by atoms with Crippen LogP contribution in [0.5, 0.6) is 0 Å². The molecule has 6 heteroatoms. The van der Waals surface area contributed by atoms with Gasteiger partial charge in [-0.05, 0) is 6.42 Å². The van der Waals surface area contributed by atoms with Gasteiger partial charge in [0.25, 0.3) is 0 Å². The van der Waals surface area contributed by atoms with Crippen LogP contribution in [0.15, 0.2) is 0 Å². The van der Waals surface area contributed by atoms with Gasteiger partial charge < -0.3 is 25.2 Å². The number of aliphatic hydroxyl groups is 4. The zero-order valence-corrected chi connectivity index (χ0v) is 9.28. The smallest absolute Gasteiger partial charge is 0.184 e. The molecule has 0 spiro atoms. The lowest BCUT2D eigenvalue weighted by atomic mass is 9.90. The van der Waals surface area contributed by atoms with E-state index in [-0.39, 0.29) is 11.7 Å². The third kappa shape index (κ3) is 2.41. The summed E-state index contributed by atoms with van der Waals surface area (Å²) >= 11 is 0. The fourth-order valence-corrected chi connectivity index (χ4v) is 1.58. The monoisotopic (exact) mass is 234 g/mol. The van der Waals surface area contributed by atoms with E-state index in [1.54, 1.807) is 13.8 Å². The van der Waals surface area contributed by atoms with Crippen molar-refractivity contribution in [3.8, 4) is 0 Å². The molecule has 6 atom stereocenters. The van der Waals surface area contributed by atoms with Crippen LogP contribution in [0.2, 0.25) is 0 Å². The summed E-state index contributed by atoms with van der Waals surface area (Å²) in [6.07, 6.45) is -7.07. The summed E-state index contributed by atoms with van der Waals surface area (Å²) in [5, 5.41) is 37.4. The van der Waals surface area contributed by atoms with Gasteiger partial charge in [-0.25, -0.2) is 0 Å². The minimum atomic E-state index is -1.66. The molecule has 1 aliphatic rings. The second-order valence-electron chi connectivity index (χ2n) is 4.13. The maximum absolute atomic E-state index is 11.7. The third-order valence-electron chi connectivity index (χ3n) is 2.97. The van der Waals surface area contributed by atoms with E-state index in [1.165, 1.54) is 0 Å². The van der Waals surface area contributed by atoms with Gasteiger partial charge in [-0.1, -0.05) is 13.8 Å². The summed E-state index contributed by atoms with van der Waals surface area (Å²) in [5.41, 5.74) is 0. The van der Waals surface area contributed by atoms with Crippen LogP contribution in [0.3, 0.4) is 0 Å². The van der Waals surface area contributed by atoms with Gasteiger partial charge >= 0.3 is 0 Å². The van der Waals surface area contributed by atoms with Crippen LogP contribution in [0.25, 0.3) is 0 Å². The number of hydrogen-bond acceptors (Lipinski definition) is 6. The molecule has 0 aliphatic carbocycles. The average Bonchev–Trinajstić information content (AvgIpc) is 2.29. The highest BCUT2D eigenvalue weighted by molar-refractivity contribution is 5.85. The molecule has 0 bridgehead atoms. The summed E-state index contributed by atoms with van der Waals surface area (Å²) in [5.74, 6) is -0.728. The molecule has 0 amide bonds. The first-order chi connectivity index (χ1) is 7.40. The van der Waals surface area contributed by atoms with E-state index in [0.29, 0.717) is 6.42 Å². The summed E-state index contributed by atoms with van der Waals surface area (Å²) in [4.78, 5) is 11.7. The Balaban J connectivity index is 2.78. The maximum atomic E-state index is 11.7. The molecular formula is C10H18O6. The molecule has 1 aliphatic heterocycles. The lowest BCUT2D eigenvalue weighted by Gasteiger charge is -2.38. The second-order valence-corrected chi connectivity index (χ2v) is 4.13. The van der Waals surface area contributed by atoms with Crippen LogP contribution in [0.4, 0.5) is 0 Å². The maximum Gasteiger partial charge on any atom is 0.184 e. The zero-order chi connectivity index (χ0) is 12.5. The van der Waals surface area contributed by atoms with Crippen LogP contribution in [-0.2, 0) is 9.53 Å². The van der Waals surface area contributed by atoms with E-state index in [0.717, 1.165) is 0 Å². The van der Waals surface area contributed by atoms with Crippen molar-refractivity contribution in [2.45, 2.75) is 51.0 Å². The molecule has 1 fully saturated rings. The second kappa shape index (κ2) is 5.20. The van der Waals surface area contributed by atoms with Crippen molar-refractivity contribution < 1.29 is 30.0 Å². The summed E-state index contributed by atoms with van der Waals surface area (Å²) in [6, 6.07) is 0. The summed E-state index contributed by atoms with van der Waals surface area (Å²) < 4.78 is 4.81. The first-order valence-electron chi connectivity index (χ1n) is 5.31. The van der Waals surface area contributed by atoms with Crippen LogP contribution in [-0.4, -0.2) is 56.9 Å². The largest absolute Gasteiger partial charge is 0.387 e. The van der Waals surface area contributed by atoms with Crippen molar-refractivity contribution >= 4 is 5.78 Å². The zero-order valence-electron chi connectivity index (χ0n) is 9.28. The summed E-state index contributed by atoms with van der Waals surface area (Å²) in [7, 11) is 0. The SMILES string of the molecule is CCC(C)C(=O)C1OC(O)C(O)C(O)C1O. The number of carbonyl (C=O) groups excluding carboxylic acids is 1. The number of carbonyl (C=O) groups is 1. The van der Waals surface area contributed by atoms with E-state index in [2.05, 4.69) is 0 Å². The van der Waals surface area contributed by atoms with Gasteiger partial charge in [0.15, 0.2) is 12.1 Å². The number of ether oxygens (including phenoxy) is 1. The normalized spacial score (nSPS) is 41.8. The van der Waals surface area contributed by atoms with Crippen molar-refractivity contribution in [2.24, 2.45) is 5.92 Å². The molecule has 6 nitrogen and oxygen atoms in total. The Morgan fingerprint density at radius 1 is 1.19 bits per heavy atom. The molecule has 6 unspecified atom stereocenters. The van der Waals surface area contributed by atoms with E-state index in [1.807, 2.05) is 0 Å². The molecule has 1 saturated heterocycles. The Kier molecular flexibility index (Phi) is 4.40. The van der Waals surface area contributed by atoms with Crippen molar-refractivity contribution in [3.05, 3.63) is 0 Å². The number of ketones is 1. The molecule has 0 saturated carbocycles. The number of hydrogen-bond donors (Lipinski definition) is 4. The lowest BCUT2D eigenvalue weighted by molar-refractivity contribution is -0.276. The van der Waals surface area contributed by atoms with E-state index < -0.39 is 30.7 Å². The van der Waals surface area contributed by atoms with Gasteiger partial charge in [0, 0.05) is 5.92 Å². The third-order valence-corrected chi connectivity index (χ3v) is 2.97. The van der Waals surface area contributed by atoms with Gasteiger partial charge in [0.1, 0.15) is 24.4 Å². The topological polar surface area (TPSA) is 107 Å². The molecule has 1 rings (SSSR count). The van der Waals surface area contributed by atoms with Gasteiger partial charge in [0.2, 0.25) is 0 Å². The van der Waals surface area contributed by atoms with E-state index in [4.69, 9.17) is 4.74 Å². The highest BCUT2D eigenvalue weighted by Crippen LogP contribution is 2.23. The van der Waals surface area contributed by atoms with Gasteiger partial charge in [-0.3, -0.25) is 4.79 Å². The highest BCUT2D eigenvalue weighted by Gasteiger charge is 2.46. The van der Waals surface area contributed by atoms with Gasteiger partial charge in [-0.15, -0.1) is 0 Å². The molecule has 94 valence electrons. The Morgan fingerprint density at radius 3 is 2.25 bits per heavy atom. The van der Waals surface area contributed by atoms with Crippen molar-refractivity contribution in [1.82, 2.24) is 0 Å². The Bertz CT molecular complexity index is 256. The molecule has 0 radical (unpaired) electrons. The molecule has 0 aromatic carbocycles. The fraction of sp³-hybridized carbons (Fsp3) is 0.900. The predicted octanol–water partition coefficient (Wildman–Crippen LogP) is -1.60. The molecular weight excluding hydrogens is 216 g/mol. The average molecular weight is 234 g/mol. The van der Waals surface area contributed by atoms with Crippen molar-refractivity contribution in [3.63, 3.8) is 0 Å². The number of aliphatic hydroxyl groups excluding tert-OH is 4. The van der Waals surface area contributed by atoms with Gasteiger partial charge in [0.05, 0.1) is 0 Å². The molecule has 4 N–H and O–H groups in total. The quantitative estimate of drug-likeness (QED) is 0.468.